The lowest BCUT2D eigenvalue weighted by Gasteiger charge is -2.04. The molecule has 1 amide bonds. The van der Waals surface area contributed by atoms with Gasteiger partial charge in [0.1, 0.15) is 5.75 Å². The Balaban J connectivity index is 1.65. The summed E-state index contributed by atoms with van der Waals surface area (Å²) in [4.78, 5) is 15.2. The van der Waals surface area contributed by atoms with Crippen LogP contribution in [0, 0.1) is 0 Å². The molecule has 5 heteroatoms. The minimum Gasteiger partial charge on any atom is -0.484 e. The molecule has 0 saturated carbocycles. The molecule has 0 aliphatic rings. The maximum absolute atomic E-state index is 11.0. The summed E-state index contributed by atoms with van der Waals surface area (Å²) in [6.45, 7) is 0.211. The largest absolute Gasteiger partial charge is 0.484 e. The number of nitrogens with two attached hydrogens (primary N) is 1. The van der Waals surface area contributed by atoms with E-state index in [1.54, 1.807) is 30.5 Å². The average Bonchev–Trinajstić information content (AvgIpc) is 3.03. The van der Waals surface area contributed by atoms with Crippen molar-refractivity contribution in [3.05, 3.63) is 72.2 Å². The van der Waals surface area contributed by atoms with Crippen LogP contribution < -0.4 is 10.5 Å². The number of nitrogens with zero attached hydrogens (tertiary/aromatic N) is 1. The predicted molar refractivity (Wildman–Crippen MR) is 81.2 cm³/mol. The van der Waals surface area contributed by atoms with Crippen LogP contribution in [0.25, 0.3) is 11.3 Å². The molecule has 3 aromatic rings. The maximum Gasteiger partial charge on any atom is 0.248 e. The van der Waals surface area contributed by atoms with E-state index in [0.29, 0.717) is 23.0 Å². The third-order valence-corrected chi connectivity index (χ3v) is 3.11. The first-order valence-corrected chi connectivity index (χ1v) is 6.75. The molecule has 0 saturated heterocycles. The number of primary amides is 1. The Labute approximate surface area is 127 Å². The number of carbonyl (C=O) groups excluding carboxylic acids is 1. The van der Waals surface area contributed by atoms with Crippen LogP contribution in [0.4, 0.5) is 0 Å². The number of hydrogen-bond donors (Lipinski definition) is 1. The van der Waals surface area contributed by atoms with E-state index in [1.807, 2.05) is 30.3 Å². The van der Waals surface area contributed by atoms with E-state index >= 15 is 0 Å². The van der Waals surface area contributed by atoms with Crippen LogP contribution in [0.1, 0.15) is 16.2 Å². The van der Waals surface area contributed by atoms with Crippen molar-refractivity contribution in [3.8, 4) is 17.1 Å². The summed E-state index contributed by atoms with van der Waals surface area (Å²) in [5.74, 6) is 1.33. The zero-order valence-corrected chi connectivity index (χ0v) is 11.7. The molecule has 0 radical (unpaired) electrons. The van der Waals surface area contributed by atoms with E-state index in [2.05, 4.69) is 4.98 Å². The average molecular weight is 294 g/mol. The molecule has 2 N–H and O–H groups in total. The summed E-state index contributed by atoms with van der Waals surface area (Å²) in [5, 5.41) is 0. The second-order valence-corrected chi connectivity index (χ2v) is 4.66. The quantitative estimate of drug-likeness (QED) is 0.784. The SMILES string of the molecule is NC(=O)c1ccc(OCc2ncc(-c3ccccc3)o2)cc1. The van der Waals surface area contributed by atoms with Gasteiger partial charge in [0.05, 0.1) is 6.20 Å². The molecule has 110 valence electrons. The van der Waals surface area contributed by atoms with Crippen molar-refractivity contribution < 1.29 is 13.9 Å². The van der Waals surface area contributed by atoms with Gasteiger partial charge >= 0.3 is 0 Å². The summed E-state index contributed by atoms with van der Waals surface area (Å²) in [7, 11) is 0. The molecule has 0 bridgehead atoms. The molecule has 0 aliphatic heterocycles. The first-order chi connectivity index (χ1) is 10.7. The van der Waals surface area contributed by atoms with Crippen LogP contribution in [-0.2, 0) is 6.61 Å². The summed E-state index contributed by atoms with van der Waals surface area (Å²) in [6, 6.07) is 16.3. The van der Waals surface area contributed by atoms with Gasteiger partial charge in [-0.25, -0.2) is 4.98 Å². The molecule has 22 heavy (non-hydrogen) atoms. The van der Waals surface area contributed by atoms with Gasteiger partial charge in [-0.1, -0.05) is 30.3 Å². The van der Waals surface area contributed by atoms with E-state index in [4.69, 9.17) is 14.9 Å². The Morgan fingerprint density at radius 1 is 1.09 bits per heavy atom. The van der Waals surface area contributed by atoms with E-state index in [-0.39, 0.29) is 6.61 Å². The molecule has 2 aromatic carbocycles. The van der Waals surface area contributed by atoms with Gasteiger partial charge in [0.25, 0.3) is 0 Å². The van der Waals surface area contributed by atoms with Gasteiger partial charge in [-0.3, -0.25) is 4.79 Å². The van der Waals surface area contributed by atoms with E-state index in [0.717, 1.165) is 5.56 Å². The normalized spacial score (nSPS) is 10.4. The van der Waals surface area contributed by atoms with Crippen LogP contribution in [-0.4, -0.2) is 10.9 Å². The molecule has 3 rings (SSSR count). The second kappa shape index (κ2) is 6.13. The highest BCUT2D eigenvalue weighted by Crippen LogP contribution is 2.20. The van der Waals surface area contributed by atoms with Gasteiger partial charge in [0, 0.05) is 11.1 Å². The Morgan fingerprint density at radius 3 is 2.50 bits per heavy atom. The predicted octanol–water partition coefficient (Wildman–Crippen LogP) is 3.02. The van der Waals surface area contributed by atoms with Crippen molar-refractivity contribution >= 4 is 5.91 Å². The highest BCUT2D eigenvalue weighted by atomic mass is 16.5. The third kappa shape index (κ3) is 3.15. The lowest BCUT2D eigenvalue weighted by molar-refractivity contribution is 0.1000. The van der Waals surface area contributed by atoms with Crippen LogP contribution in [0.15, 0.2) is 65.2 Å². The Bertz CT molecular complexity index is 764. The first kappa shape index (κ1) is 13.9. The fourth-order valence-electron chi connectivity index (χ4n) is 1.97. The van der Waals surface area contributed by atoms with E-state index in [1.165, 1.54) is 0 Å². The number of hydrogen-bond acceptors (Lipinski definition) is 4. The summed E-state index contributed by atoms with van der Waals surface area (Å²) in [5.41, 5.74) is 6.59. The minimum atomic E-state index is -0.466. The molecule has 0 unspecified atom stereocenters. The van der Waals surface area contributed by atoms with Gasteiger partial charge in [0.15, 0.2) is 12.4 Å². The van der Waals surface area contributed by atoms with Gasteiger partial charge in [-0.15, -0.1) is 0 Å². The topological polar surface area (TPSA) is 78.4 Å². The Kier molecular flexibility index (Phi) is 3.87. The third-order valence-electron chi connectivity index (χ3n) is 3.11. The monoisotopic (exact) mass is 294 g/mol. The summed E-state index contributed by atoms with van der Waals surface area (Å²) >= 11 is 0. The highest BCUT2D eigenvalue weighted by molar-refractivity contribution is 5.92. The smallest absolute Gasteiger partial charge is 0.248 e. The summed E-state index contributed by atoms with van der Waals surface area (Å²) < 4.78 is 11.2. The Hall–Kier alpha value is -3.08. The number of benzene rings is 2. The molecule has 5 nitrogen and oxygen atoms in total. The molecule has 1 aromatic heterocycles. The summed E-state index contributed by atoms with van der Waals surface area (Å²) in [6.07, 6.45) is 1.67. The zero-order valence-electron chi connectivity index (χ0n) is 11.7. The molecular weight excluding hydrogens is 280 g/mol. The molecule has 0 spiro atoms. The van der Waals surface area contributed by atoms with Crippen molar-refractivity contribution in [2.45, 2.75) is 6.61 Å². The van der Waals surface area contributed by atoms with Crippen LogP contribution in [0.5, 0.6) is 5.75 Å². The second-order valence-electron chi connectivity index (χ2n) is 4.66. The Morgan fingerprint density at radius 2 is 1.82 bits per heavy atom. The van der Waals surface area contributed by atoms with Crippen molar-refractivity contribution in [2.75, 3.05) is 0 Å². The number of ether oxygens (including phenoxy) is 1. The zero-order chi connectivity index (χ0) is 15.4. The molecule has 0 aliphatic carbocycles. The van der Waals surface area contributed by atoms with Crippen molar-refractivity contribution in [2.24, 2.45) is 5.73 Å². The van der Waals surface area contributed by atoms with Gasteiger partial charge in [-0.05, 0) is 24.3 Å². The van der Waals surface area contributed by atoms with Crippen molar-refractivity contribution in [1.29, 1.82) is 0 Å². The number of carbonyl (C=O) groups is 1. The van der Waals surface area contributed by atoms with Gasteiger partial charge in [0.2, 0.25) is 11.8 Å². The van der Waals surface area contributed by atoms with Gasteiger partial charge < -0.3 is 14.9 Å². The van der Waals surface area contributed by atoms with Crippen molar-refractivity contribution in [3.63, 3.8) is 0 Å². The van der Waals surface area contributed by atoms with Crippen LogP contribution in [0.3, 0.4) is 0 Å². The number of rotatable bonds is 5. The van der Waals surface area contributed by atoms with Crippen LogP contribution >= 0.6 is 0 Å². The molecule has 0 fully saturated rings. The standard InChI is InChI=1S/C17H14N2O3/c18-17(20)13-6-8-14(9-7-13)21-11-16-19-10-15(22-16)12-4-2-1-3-5-12/h1-10H,11H2,(H2,18,20). The van der Waals surface area contributed by atoms with Crippen LogP contribution in [0.2, 0.25) is 0 Å². The highest BCUT2D eigenvalue weighted by Gasteiger charge is 2.07. The number of aromatic nitrogens is 1. The molecule has 1 heterocycles. The number of amides is 1. The minimum absolute atomic E-state index is 0.211. The lowest BCUT2D eigenvalue weighted by Crippen LogP contribution is -2.10. The van der Waals surface area contributed by atoms with Gasteiger partial charge in [-0.2, -0.15) is 0 Å². The molecule has 0 atom stereocenters. The number of oxazole rings is 1. The fourth-order valence-corrected chi connectivity index (χ4v) is 1.97. The van der Waals surface area contributed by atoms with E-state index in [9.17, 15) is 4.79 Å². The first-order valence-electron chi connectivity index (χ1n) is 6.75. The lowest BCUT2D eigenvalue weighted by atomic mass is 10.2. The van der Waals surface area contributed by atoms with E-state index < -0.39 is 5.91 Å². The molecular formula is C17H14N2O3. The fraction of sp³-hybridized carbons (Fsp3) is 0.0588. The van der Waals surface area contributed by atoms with Crippen molar-refractivity contribution in [1.82, 2.24) is 4.98 Å². The maximum atomic E-state index is 11.0.